The number of rotatable bonds is 5. The molecule has 0 bridgehead atoms. The van der Waals surface area contributed by atoms with Crippen molar-refractivity contribution < 1.29 is 14.0 Å². The molecule has 0 saturated carbocycles. The molecule has 0 atom stereocenters. The van der Waals surface area contributed by atoms with Crippen molar-refractivity contribution in [2.45, 2.75) is 19.3 Å². The Kier molecular flexibility index (Phi) is 5.48. The van der Waals surface area contributed by atoms with Crippen LogP contribution < -0.4 is 0 Å². The minimum absolute atomic E-state index is 0.0841. The van der Waals surface area contributed by atoms with Crippen LogP contribution in [0.25, 0.3) is 0 Å². The second kappa shape index (κ2) is 7.96. The molecule has 6 heteroatoms. The average Bonchev–Trinajstić information content (AvgIpc) is 3.14. The molecule has 1 aromatic heterocycles. The second-order valence-corrected chi connectivity index (χ2v) is 6.26. The van der Waals surface area contributed by atoms with Crippen molar-refractivity contribution in [3.63, 3.8) is 0 Å². The van der Waals surface area contributed by atoms with Gasteiger partial charge in [0.15, 0.2) is 0 Å². The van der Waals surface area contributed by atoms with E-state index in [2.05, 4.69) is 4.98 Å². The molecule has 25 heavy (non-hydrogen) atoms. The van der Waals surface area contributed by atoms with Gasteiger partial charge in [-0.1, -0.05) is 12.1 Å². The van der Waals surface area contributed by atoms with Crippen molar-refractivity contribution in [2.24, 2.45) is 0 Å². The standard InChI is InChI=1S/C19H22FN3O2/c20-16-6-3-15(4-7-16)5-8-18(24)22-10-12-23(13-11-22)19(25)14-17-2-1-9-21-17/h1-4,6-7,9,21H,5,8,10-14H2. The molecule has 1 N–H and O–H groups in total. The molecule has 2 amide bonds. The van der Waals surface area contributed by atoms with Gasteiger partial charge < -0.3 is 14.8 Å². The predicted octanol–water partition coefficient (Wildman–Crippen LogP) is 2.00. The highest BCUT2D eigenvalue weighted by molar-refractivity contribution is 5.79. The van der Waals surface area contributed by atoms with Gasteiger partial charge >= 0.3 is 0 Å². The average molecular weight is 343 g/mol. The number of piperazine rings is 1. The minimum Gasteiger partial charge on any atom is -0.365 e. The van der Waals surface area contributed by atoms with E-state index in [1.807, 2.05) is 21.9 Å². The molecule has 0 radical (unpaired) electrons. The van der Waals surface area contributed by atoms with Crippen molar-refractivity contribution in [2.75, 3.05) is 26.2 Å². The molecule has 0 aliphatic carbocycles. The summed E-state index contributed by atoms with van der Waals surface area (Å²) in [6, 6.07) is 10.0. The van der Waals surface area contributed by atoms with Crippen LogP contribution in [0, 0.1) is 5.82 Å². The largest absolute Gasteiger partial charge is 0.365 e. The molecule has 0 spiro atoms. The maximum atomic E-state index is 12.9. The zero-order valence-electron chi connectivity index (χ0n) is 14.1. The van der Waals surface area contributed by atoms with Gasteiger partial charge in [-0.3, -0.25) is 9.59 Å². The van der Waals surface area contributed by atoms with E-state index in [9.17, 15) is 14.0 Å². The van der Waals surface area contributed by atoms with E-state index in [1.165, 1.54) is 12.1 Å². The summed E-state index contributed by atoms with van der Waals surface area (Å²) >= 11 is 0. The van der Waals surface area contributed by atoms with E-state index in [1.54, 1.807) is 18.3 Å². The van der Waals surface area contributed by atoms with Gasteiger partial charge in [0.25, 0.3) is 0 Å². The Hall–Kier alpha value is -2.63. The molecule has 132 valence electrons. The number of aromatic nitrogens is 1. The van der Waals surface area contributed by atoms with Gasteiger partial charge in [0, 0.05) is 44.5 Å². The SMILES string of the molecule is O=C(CCc1ccc(F)cc1)N1CCN(C(=O)Cc2ccc[nH]2)CC1. The third-order valence-corrected chi connectivity index (χ3v) is 4.53. The predicted molar refractivity (Wildman–Crippen MR) is 92.4 cm³/mol. The lowest BCUT2D eigenvalue weighted by Gasteiger charge is -2.35. The molecule has 1 fully saturated rings. The highest BCUT2D eigenvalue weighted by atomic mass is 19.1. The van der Waals surface area contributed by atoms with Crippen LogP contribution in [0.5, 0.6) is 0 Å². The summed E-state index contributed by atoms with van der Waals surface area (Å²) < 4.78 is 12.9. The van der Waals surface area contributed by atoms with Crippen molar-refractivity contribution in [1.82, 2.24) is 14.8 Å². The van der Waals surface area contributed by atoms with Crippen molar-refractivity contribution >= 4 is 11.8 Å². The Bertz CT molecular complexity index is 705. The molecule has 1 aliphatic rings. The van der Waals surface area contributed by atoms with Crippen molar-refractivity contribution in [3.8, 4) is 0 Å². The monoisotopic (exact) mass is 343 g/mol. The molecule has 0 unspecified atom stereocenters. The number of hydrogen-bond acceptors (Lipinski definition) is 2. The van der Waals surface area contributed by atoms with Crippen LogP contribution in [0.2, 0.25) is 0 Å². The highest BCUT2D eigenvalue weighted by Gasteiger charge is 2.24. The smallest absolute Gasteiger partial charge is 0.228 e. The Morgan fingerprint density at radius 3 is 2.20 bits per heavy atom. The van der Waals surface area contributed by atoms with Gasteiger partial charge in [0.2, 0.25) is 11.8 Å². The van der Waals surface area contributed by atoms with E-state index < -0.39 is 0 Å². The number of H-pyrrole nitrogens is 1. The van der Waals surface area contributed by atoms with Gasteiger partial charge in [0.05, 0.1) is 6.42 Å². The molecule has 2 heterocycles. The number of hydrogen-bond donors (Lipinski definition) is 1. The molecule has 3 rings (SSSR count). The molecule has 2 aromatic rings. The lowest BCUT2D eigenvalue weighted by molar-refractivity contribution is -0.139. The number of nitrogens with one attached hydrogen (secondary N) is 1. The van der Waals surface area contributed by atoms with Crippen LogP contribution in [0.3, 0.4) is 0 Å². The zero-order valence-corrected chi connectivity index (χ0v) is 14.1. The molecular weight excluding hydrogens is 321 g/mol. The fourth-order valence-electron chi connectivity index (χ4n) is 3.02. The number of aromatic amines is 1. The summed E-state index contributed by atoms with van der Waals surface area (Å²) in [5.41, 5.74) is 1.86. The Morgan fingerprint density at radius 1 is 0.960 bits per heavy atom. The Morgan fingerprint density at radius 2 is 1.60 bits per heavy atom. The third-order valence-electron chi connectivity index (χ3n) is 4.53. The summed E-state index contributed by atoms with van der Waals surface area (Å²) in [6.45, 7) is 2.28. The number of benzene rings is 1. The number of nitrogens with zero attached hydrogens (tertiary/aromatic N) is 2. The summed E-state index contributed by atoms with van der Waals surface area (Å²) in [5, 5.41) is 0. The second-order valence-electron chi connectivity index (χ2n) is 6.26. The number of carbonyl (C=O) groups excluding carboxylic acids is 2. The van der Waals surface area contributed by atoms with E-state index in [4.69, 9.17) is 0 Å². The van der Waals surface area contributed by atoms with E-state index in [0.717, 1.165) is 11.3 Å². The highest BCUT2D eigenvalue weighted by Crippen LogP contribution is 2.10. The van der Waals surface area contributed by atoms with Crippen LogP contribution in [-0.4, -0.2) is 52.8 Å². The maximum absolute atomic E-state index is 12.9. The molecule has 1 aliphatic heterocycles. The summed E-state index contributed by atoms with van der Waals surface area (Å²) in [7, 11) is 0. The fraction of sp³-hybridized carbons (Fsp3) is 0.368. The summed E-state index contributed by atoms with van der Waals surface area (Å²) in [5.74, 6) is -0.100. The normalized spacial score (nSPS) is 14.6. The number of carbonyl (C=O) groups is 2. The number of halogens is 1. The number of aryl methyl sites for hydroxylation is 1. The summed E-state index contributed by atoms with van der Waals surface area (Å²) in [4.78, 5) is 31.2. The van der Waals surface area contributed by atoms with Gasteiger partial charge in [-0.25, -0.2) is 4.39 Å². The van der Waals surface area contributed by atoms with Gasteiger partial charge in [0.1, 0.15) is 5.82 Å². The van der Waals surface area contributed by atoms with E-state index in [-0.39, 0.29) is 17.6 Å². The van der Waals surface area contributed by atoms with Gasteiger partial charge in [-0.05, 0) is 36.2 Å². The first-order valence-electron chi connectivity index (χ1n) is 8.54. The quantitative estimate of drug-likeness (QED) is 0.903. The molecular formula is C19H22FN3O2. The maximum Gasteiger partial charge on any atom is 0.228 e. The van der Waals surface area contributed by atoms with Crippen molar-refractivity contribution in [1.29, 1.82) is 0 Å². The van der Waals surface area contributed by atoms with Gasteiger partial charge in [-0.15, -0.1) is 0 Å². The van der Waals surface area contributed by atoms with Crippen molar-refractivity contribution in [3.05, 3.63) is 59.7 Å². The van der Waals surface area contributed by atoms with Crippen LogP contribution in [0.4, 0.5) is 4.39 Å². The minimum atomic E-state index is -0.268. The molecule has 1 saturated heterocycles. The molecule has 5 nitrogen and oxygen atoms in total. The van der Waals surface area contributed by atoms with E-state index in [0.29, 0.717) is 45.4 Å². The van der Waals surface area contributed by atoms with Crippen LogP contribution in [0.15, 0.2) is 42.6 Å². The van der Waals surface area contributed by atoms with Crippen LogP contribution >= 0.6 is 0 Å². The zero-order chi connectivity index (χ0) is 17.6. The third kappa shape index (κ3) is 4.68. The van der Waals surface area contributed by atoms with Crippen LogP contribution in [0.1, 0.15) is 17.7 Å². The Labute approximate surface area is 146 Å². The number of amides is 2. The fourth-order valence-corrected chi connectivity index (χ4v) is 3.02. The Balaban J connectivity index is 1.42. The molecule has 1 aromatic carbocycles. The summed E-state index contributed by atoms with van der Waals surface area (Å²) in [6.07, 6.45) is 3.18. The first kappa shape index (κ1) is 17.2. The first-order chi connectivity index (χ1) is 12.1. The first-order valence-corrected chi connectivity index (χ1v) is 8.54. The topological polar surface area (TPSA) is 56.4 Å². The van der Waals surface area contributed by atoms with E-state index >= 15 is 0 Å². The lowest BCUT2D eigenvalue weighted by atomic mass is 10.1. The van der Waals surface area contributed by atoms with Crippen LogP contribution in [-0.2, 0) is 22.4 Å². The lowest BCUT2D eigenvalue weighted by Crippen LogP contribution is -2.51. The van der Waals surface area contributed by atoms with Gasteiger partial charge in [-0.2, -0.15) is 0 Å².